The van der Waals surface area contributed by atoms with E-state index in [1.165, 1.54) is 0 Å². The van der Waals surface area contributed by atoms with Gasteiger partial charge in [-0.1, -0.05) is 36.4 Å². The fourth-order valence-electron chi connectivity index (χ4n) is 2.07. The number of aromatic nitrogens is 4. The lowest BCUT2D eigenvalue weighted by Gasteiger charge is -2.08. The second kappa shape index (κ2) is 5.43. The predicted octanol–water partition coefficient (Wildman–Crippen LogP) is 3.35. The average molecular weight is 285 g/mol. The summed E-state index contributed by atoms with van der Waals surface area (Å²) in [5.74, 6) is 0.749. The van der Waals surface area contributed by atoms with Crippen molar-refractivity contribution in [2.75, 3.05) is 0 Å². The Bertz CT molecular complexity index is 722. The van der Waals surface area contributed by atoms with Crippen molar-refractivity contribution in [3.8, 4) is 11.4 Å². The fourth-order valence-corrected chi connectivity index (χ4v) is 2.25. The van der Waals surface area contributed by atoms with Crippen LogP contribution in [0, 0.1) is 6.92 Å². The Labute approximate surface area is 122 Å². The average Bonchev–Trinajstić information content (AvgIpc) is 2.81. The Morgan fingerprint density at radius 1 is 1.00 bits per heavy atom. The number of hydrogen-bond donors (Lipinski definition) is 0. The van der Waals surface area contributed by atoms with Gasteiger partial charge in [0.2, 0.25) is 5.28 Å². The van der Waals surface area contributed by atoms with E-state index in [1.54, 1.807) is 0 Å². The third-order valence-corrected chi connectivity index (χ3v) is 3.28. The van der Waals surface area contributed by atoms with Crippen LogP contribution in [0.3, 0.4) is 0 Å². The van der Waals surface area contributed by atoms with Crippen LogP contribution in [-0.4, -0.2) is 19.7 Å². The number of pyridine rings is 1. The van der Waals surface area contributed by atoms with Gasteiger partial charge in [-0.3, -0.25) is 9.55 Å². The second-order valence-electron chi connectivity index (χ2n) is 4.52. The van der Waals surface area contributed by atoms with Gasteiger partial charge >= 0.3 is 0 Å². The van der Waals surface area contributed by atoms with Gasteiger partial charge in [0, 0.05) is 11.3 Å². The molecule has 0 radical (unpaired) electrons. The highest BCUT2D eigenvalue weighted by Crippen LogP contribution is 2.21. The van der Waals surface area contributed by atoms with E-state index >= 15 is 0 Å². The van der Waals surface area contributed by atoms with Crippen LogP contribution >= 0.6 is 11.6 Å². The fraction of sp³-hybridized carbons (Fsp3) is 0.133. The molecule has 0 amide bonds. The Morgan fingerprint density at radius 2 is 1.80 bits per heavy atom. The molecular weight excluding hydrogens is 272 g/mol. The van der Waals surface area contributed by atoms with Gasteiger partial charge in [0.1, 0.15) is 0 Å². The summed E-state index contributed by atoms with van der Waals surface area (Å²) >= 11 is 6.15. The zero-order chi connectivity index (χ0) is 13.9. The highest BCUT2D eigenvalue weighted by Gasteiger charge is 2.12. The third-order valence-electron chi connectivity index (χ3n) is 3.00. The molecule has 3 rings (SSSR count). The topological polar surface area (TPSA) is 43.6 Å². The number of benzene rings is 1. The van der Waals surface area contributed by atoms with Crippen molar-refractivity contribution in [2.24, 2.45) is 0 Å². The lowest BCUT2D eigenvalue weighted by atomic mass is 10.2. The molecule has 0 aliphatic heterocycles. The molecular formula is C15H13ClN4. The second-order valence-corrected chi connectivity index (χ2v) is 4.85. The van der Waals surface area contributed by atoms with Crippen LogP contribution in [0.4, 0.5) is 0 Å². The Balaban J connectivity index is 2.00. The van der Waals surface area contributed by atoms with Crippen LogP contribution in [0.2, 0.25) is 5.28 Å². The molecule has 5 heteroatoms. The number of aryl methyl sites for hydroxylation is 1. The first-order chi connectivity index (χ1) is 9.74. The summed E-state index contributed by atoms with van der Waals surface area (Å²) < 4.78 is 1.86. The highest BCUT2D eigenvalue weighted by atomic mass is 35.5. The highest BCUT2D eigenvalue weighted by molar-refractivity contribution is 6.28. The van der Waals surface area contributed by atoms with Gasteiger partial charge < -0.3 is 0 Å². The maximum absolute atomic E-state index is 6.15. The van der Waals surface area contributed by atoms with Crippen molar-refractivity contribution >= 4 is 11.6 Å². The first kappa shape index (κ1) is 12.8. The van der Waals surface area contributed by atoms with Gasteiger partial charge in [-0.15, -0.1) is 10.2 Å². The third kappa shape index (κ3) is 2.56. The maximum atomic E-state index is 6.15. The van der Waals surface area contributed by atoms with Crippen molar-refractivity contribution in [1.29, 1.82) is 0 Å². The molecule has 0 aliphatic carbocycles. The van der Waals surface area contributed by atoms with Crippen LogP contribution in [-0.2, 0) is 6.54 Å². The molecule has 0 atom stereocenters. The zero-order valence-electron chi connectivity index (χ0n) is 11.0. The van der Waals surface area contributed by atoms with Gasteiger partial charge in [0.25, 0.3) is 0 Å². The van der Waals surface area contributed by atoms with Crippen LogP contribution in [0.5, 0.6) is 0 Å². The van der Waals surface area contributed by atoms with Crippen LogP contribution in [0.1, 0.15) is 11.4 Å². The minimum Gasteiger partial charge on any atom is -0.292 e. The summed E-state index contributed by atoms with van der Waals surface area (Å²) in [6, 6.07) is 15.8. The van der Waals surface area contributed by atoms with Crippen LogP contribution < -0.4 is 0 Å². The molecule has 4 nitrogen and oxygen atoms in total. The zero-order valence-corrected chi connectivity index (χ0v) is 11.7. The first-order valence-electron chi connectivity index (χ1n) is 6.31. The van der Waals surface area contributed by atoms with E-state index in [2.05, 4.69) is 15.2 Å². The molecule has 1 aromatic carbocycles. The summed E-state index contributed by atoms with van der Waals surface area (Å²) in [6.07, 6.45) is 0. The molecule has 0 unspecified atom stereocenters. The first-order valence-corrected chi connectivity index (χ1v) is 6.68. The Kier molecular flexibility index (Phi) is 3.48. The van der Waals surface area contributed by atoms with E-state index in [4.69, 9.17) is 11.6 Å². The van der Waals surface area contributed by atoms with Gasteiger partial charge in [0.05, 0.1) is 12.2 Å². The standard InChI is InChI=1S/C15H13ClN4/c1-11-6-5-9-13(17-11)10-20-14(18-19-15(20)16)12-7-3-2-4-8-12/h2-9H,10H2,1H3. The largest absolute Gasteiger partial charge is 0.292 e. The molecule has 0 saturated carbocycles. The summed E-state index contributed by atoms with van der Waals surface area (Å²) in [4.78, 5) is 4.49. The molecule has 0 fully saturated rings. The molecule has 3 aromatic rings. The lowest BCUT2D eigenvalue weighted by molar-refractivity contribution is 0.775. The van der Waals surface area contributed by atoms with Crippen molar-refractivity contribution in [3.63, 3.8) is 0 Å². The van der Waals surface area contributed by atoms with E-state index < -0.39 is 0 Å². The molecule has 2 aromatic heterocycles. The maximum Gasteiger partial charge on any atom is 0.225 e. The predicted molar refractivity (Wildman–Crippen MR) is 78.5 cm³/mol. The minimum atomic E-state index is 0.368. The number of rotatable bonds is 3. The summed E-state index contributed by atoms with van der Waals surface area (Å²) in [6.45, 7) is 2.52. The van der Waals surface area contributed by atoms with E-state index in [1.807, 2.05) is 60.0 Å². The molecule has 0 saturated heterocycles. The summed E-state index contributed by atoms with van der Waals surface area (Å²) in [5.41, 5.74) is 2.90. The van der Waals surface area contributed by atoms with Crippen molar-refractivity contribution in [1.82, 2.24) is 19.7 Å². The summed E-state index contributed by atoms with van der Waals surface area (Å²) in [7, 11) is 0. The van der Waals surface area contributed by atoms with Crippen molar-refractivity contribution < 1.29 is 0 Å². The van der Waals surface area contributed by atoms with E-state index in [0.717, 1.165) is 22.8 Å². The monoisotopic (exact) mass is 284 g/mol. The normalized spacial score (nSPS) is 10.7. The van der Waals surface area contributed by atoms with E-state index in [-0.39, 0.29) is 0 Å². The number of nitrogens with zero attached hydrogens (tertiary/aromatic N) is 4. The molecule has 0 N–H and O–H groups in total. The van der Waals surface area contributed by atoms with Gasteiger partial charge in [0.15, 0.2) is 5.82 Å². The molecule has 20 heavy (non-hydrogen) atoms. The van der Waals surface area contributed by atoms with Gasteiger partial charge in [-0.05, 0) is 30.7 Å². The Hall–Kier alpha value is -2.20. The van der Waals surface area contributed by atoms with Gasteiger partial charge in [-0.25, -0.2) is 0 Å². The lowest BCUT2D eigenvalue weighted by Crippen LogP contribution is -2.04. The van der Waals surface area contributed by atoms with E-state index in [9.17, 15) is 0 Å². The van der Waals surface area contributed by atoms with Gasteiger partial charge in [-0.2, -0.15) is 0 Å². The molecule has 0 bridgehead atoms. The molecule has 0 aliphatic rings. The Morgan fingerprint density at radius 3 is 2.55 bits per heavy atom. The molecule has 2 heterocycles. The van der Waals surface area contributed by atoms with Crippen molar-refractivity contribution in [2.45, 2.75) is 13.5 Å². The number of halogens is 1. The van der Waals surface area contributed by atoms with E-state index in [0.29, 0.717) is 11.8 Å². The van der Waals surface area contributed by atoms with Crippen molar-refractivity contribution in [3.05, 3.63) is 65.2 Å². The molecule has 0 spiro atoms. The SMILES string of the molecule is Cc1cccc(Cn2c(Cl)nnc2-c2ccccc2)n1. The quantitative estimate of drug-likeness (QED) is 0.741. The summed E-state index contributed by atoms with van der Waals surface area (Å²) in [5, 5.41) is 8.49. The molecule has 100 valence electrons. The van der Waals surface area contributed by atoms with Crippen LogP contribution in [0.15, 0.2) is 48.5 Å². The smallest absolute Gasteiger partial charge is 0.225 e. The van der Waals surface area contributed by atoms with Crippen LogP contribution in [0.25, 0.3) is 11.4 Å². The number of hydrogen-bond acceptors (Lipinski definition) is 3. The minimum absolute atomic E-state index is 0.368.